The van der Waals surface area contributed by atoms with E-state index in [0.29, 0.717) is 34.6 Å². The van der Waals surface area contributed by atoms with Crippen LogP contribution in [0.15, 0.2) is 36.5 Å². The minimum atomic E-state index is -0.554. The van der Waals surface area contributed by atoms with Crippen LogP contribution in [0.25, 0.3) is 0 Å². The smallest absolute Gasteiger partial charge is 0.255 e. The Hall–Kier alpha value is -1.82. The van der Waals surface area contributed by atoms with Gasteiger partial charge >= 0.3 is 0 Å². The van der Waals surface area contributed by atoms with E-state index >= 15 is 0 Å². The van der Waals surface area contributed by atoms with Gasteiger partial charge in [-0.05, 0) is 30.7 Å². The summed E-state index contributed by atoms with van der Waals surface area (Å²) in [5.41, 5.74) is 1.46. The minimum Gasteiger partial charge on any atom is -0.481 e. The van der Waals surface area contributed by atoms with Crippen LogP contribution in [0, 0.1) is 5.92 Å². The summed E-state index contributed by atoms with van der Waals surface area (Å²) in [6.45, 7) is 2.71. The average Bonchev–Trinajstić information content (AvgIpc) is 3.09. The maximum absolute atomic E-state index is 12.8. The number of benzene rings is 1. The van der Waals surface area contributed by atoms with Gasteiger partial charge in [0.05, 0.1) is 28.8 Å². The summed E-state index contributed by atoms with van der Waals surface area (Å²) in [4.78, 5) is 18.7. The summed E-state index contributed by atoms with van der Waals surface area (Å²) in [6.07, 6.45) is 0.951. The molecule has 5 nitrogen and oxygen atoms in total. The lowest BCUT2D eigenvalue weighted by molar-refractivity contribution is 0.0761. The average molecular weight is 395 g/mol. The molecule has 138 valence electrons. The number of halogens is 2. The van der Waals surface area contributed by atoms with Gasteiger partial charge in [-0.25, -0.2) is 4.98 Å². The van der Waals surface area contributed by atoms with Crippen molar-refractivity contribution in [3.8, 4) is 5.88 Å². The van der Waals surface area contributed by atoms with E-state index in [9.17, 15) is 9.90 Å². The number of likely N-dealkylation sites (tertiary alicyclic amines) is 1. The molecule has 0 saturated carbocycles. The third kappa shape index (κ3) is 3.80. The van der Waals surface area contributed by atoms with Crippen molar-refractivity contribution in [3.05, 3.63) is 57.7 Å². The highest BCUT2D eigenvalue weighted by atomic mass is 35.5. The highest BCUT2D eigenvalue weighted by Crippen LogP contribution is 2.37. The van der Waals surface area contributed by atoms with Gasteiger partial charge in [-0.2, -0.15) is 0 Å². The Morgan fingerprint density at radius 2 is 2.04 bits per heavy atom. The number of pyridine rings is 1. The fourth-order valence-corrected chi connectivity index (χ4v) is 3.70. The molecule has 1 N–H and O–H groups in total. The van der Waals surface area contributed by atoms with Crippen LogP contribution < -0.4 is 4.74 Å². The molecule has 0 unspecified atom stereocenters. The highest BCUT2D eigenvalue weighted by molar-refractivity contribution is 6.42. The molecule has 3 atom stereocenters. The first kappa shape index (κ1) is 19.0. The normalized spacial score (nSPS) is 20.9. The van der Waals surface area contributed by atoms with Crippen LogP contribution in [-0.2, 0) is 0 Å². The third-order valence-electron chi connectivity index (χ3n) is 4.84. The van der Waals surface area contributed by atoms with E-state index in [0.717, 1.165) is 5.56 Å². The first-order chi connectivity index (χ1) is 12.4. The Kier molecular flexibility index (Phi) is 5.70. The van der Waals surface area contributed by atoms with Crippen LogP contribution in [0.1, 0.15) is 28.8 Å². The molecule has 1 aromatic heterocycles. The number of ether oxygens (including phenoxy) is 1. The second kappa shape index (κ2) is 7.82. The van der Waals surface area contributed by atoms with Crippen molar-refractivity contribution >= 4 is 29.1 Å². The molecule has 0 spiro atoms. The Bertz CT molecular complexity index is 796. The van der Waals surface area contributed by atoms with Crippen molar-refractivity contribution in [1.29, 1.82) is 0 Å². The van der Waals surface area contributed by atoms with Crippen LogP contribution in [0.3, 0.4) is 0 Å². The summed E-state index contributed by atoms with van der Waals surface area (Å²) < 4.78 is 5.03. The number of carbonyl (C=O) groups excluding carboxylic acids is 1. The number of hydrogen-bond donors (Lipinski definition) is 1. The fourth-order valence-electron chi connectivity index (χ4n) is 3.39. The molecule has 0 bridgehead atoms. The second-order valence-electron chi connectivity index (χ2n) is 6.48. The van der Waals surface area contributed by atoms with Crippen LogP contribution in [0.2, 0.25) is 10.0 Å². The molecule has 2 aromatic rings. The van der Waals surface area contributed by atoms with Crippen molar-refractivity contribution in [2.24, 2.45) is 5.92 Å². The van der Waals surface area contributed by atoms with E-state index in [1.165, 1.54) is 13.3 Å². The van der Waals surface area contributed by atoms with Gasteiger partial charge < -0.3 is 14.7 Å². The van der Waals surface area contributed by atoms with Gasteiger partial charge in [0.25, 0.3) is 5.91 Å². The number of rotatable bonds is 4. The van der Waals surface area contributed by atoms with Gasteiger partial charge in [0.2, 0.25) is 5.88 Å². The molecule has 1 fully saturated rings. The van der Waals surface area contributed by atoms with E-state index in [1.54, 1.807) is 30.0 Å². The van der Waals surface area contributed by atoms with Crippen molar-refractivity contribution in [1.82, 2.24) is 9.88 Å². The van der Waals surface area contributed by atoms with Gasteiger partial charge in [-0.3, -0.25) is 4.79 Å². The zero-order chi connectivity index (χ0) is 18.8. The molecule has 1 aliphatic heterocycles. The van der Waals surface area contributed by atoms with E-state index in [1.807, 2.05) is 12.1 Å². The van der Waals surface area contributed by atoms with Crippen LogP contribution >= 0.6 is 23.2 Å². The molecule has 26 heavy (non-hydrogen) atoms. The molecule has 1 aromatic carbocycles. The molecule has 0 aliphatic carbocycles. The van der Waals surface area contributed by atoms with Gasteiger partial charge in [0, 0.05) is 37.2 Å². The van der Waals surface area contributed by atoms with Crippen molar-refractivity contribution in [3.63, 3.8) is 0 Å². The zero-order valence-electron chi connectivity index (χ0n) is 14.5. The molecule has 0 radical (unpaired) electrons. The van der Waals surface area contributed by atoms with Crippen LogP contribution in [0.4, 0.5) is 0 Å². The number of carbonyl (C=O) groups is 1. The Morgan fingerprint density at radius 1 is 1.27 bits per heavy atom. The zero-order valence-corrected chi connectivity index (χ0v) is 16.0. The lowest BCUT2D eigenvalue weighted by Gasteiger charge is -2.21. The van der Waals surface area contributed by atoms with E-state index in [4.69, 9.17) is 27.9 Å². The Balaban J connectivity index is 1.84. The lowest BCUT2D eigenvalue weighted by atomic mass is 9.86. The number of amides is 1. The standard InChI is InChI=1S/C19H20Cl2N2O3/c1-11(24)14-9-23(19(25)13-4-6-18(26-2)22-8-13)10-15(14)12-3-5-16(20)17(21)7-12/h3-8,11,14-15,24H,9-10H2,1-2H3/t11-,14+,15+/m1/s1. The van der Waals surface area contributed by atoms with Crippen LogP contribution in [0.5, 0.6) is 5.88 Å². The Morgan fingerprint density at radius 3 is 2.62 bits per heavy atom. The molecular formula is C19H20Cl2N2O3. The van der Waals surface area contributed by atoms with E-state index in [-0.39, 0.29) is 17.7 Å². The number of aliphatic hydroxyl groups is 1. The molecule has 2 heterocycles. The summed E-state index contributed by atoms with van der Waals surface area (Å²) >= 11 is 12.2. The predicted octanol–water partition coefficient (Wildman–Crippen LogP) is 3.63. The quantitative estimate of drug-likeness (QED) is 0.859. The first-order valence-corrected chi connectivity index (χ1v) is 9.08. The van der Waals surface area contributed by atoms with Crippen LogP contribution in [-0.4, -0.2) is 47.2 Å². The van der Waals surface area contributed by atoms with Crippen molar-refractivity contribution in [2.75, 3.05) is 20.2 Å². The maximum Gasteiger partial charge on any atom is 0.255 e. The van der Waals surface area contributed by atoms with Gasteiger partial charge in [0.1, 0.15) is 0 Å². The fraction of sp³-hybridized carbons (Fsp3) is 0.368. The monoisotopic (exact) mass is 394 g/mol. The van der Waals surface area contributed by atoms with E-state index in [2.05, 4.69) is 4.98 Å². The van der Waals surface area contributed by atoms with Gasteiger partial charge in [-0.15, -0.1) is 0 Å². The molecule has 3 rings (SSSR count). The van der Waals surface area contributed by atoms with Crippen molar-refractivity contribution < 1.29 is 14.6 Å². The number of aliphatic hydroxyl groups excluding tert-OH is 1. The number of hydrogen-bond acceptors (Lipinski definition) is 4. The molecule has 1 aliphatic rings. The lowest BCUT2D eigenvalue weighted by Crippen LogP contribution is -2.30. The van der Waals surface area contributed by atoms with E-state index < -0.39 is 6.10 Å². The summed E-state index contributed by atoms with van der Waals surface area (Å²) in [5.74, 6) is 0.245. The highest BCUT2D eigenvalue weighted by Gasteiger charge is 2.39. The minimum absolute atomic E-state index is 0.0140. The molecule has 1 saturated heterocycles. The van der Waals surface area contributed by atoms with Gasteiger partial charge in [0.15, 0.2) is 0 Å². The van der Waals surface area contributed by atoms with Crippen molar-refractivity contribution in [2.45, 2.75) is 18.9 Å². The maximum atomic E-state index is 12.8. The SMILES string of the molecule is COc1ccc(C(=O)N2C[C@@H]([C@@H](C)O)[C@H](c3ccc(Cl)c(Cl)c3)C2)cn1. The molecule has 1 amide bonds. The molecular weight excluding hydrogens is 375 g/mol. The summed E-state index contributed by atoms with van der Waals surface area (Å²) in [6, 6.07) is 8.81. The number of nitrogens with zero attached hydrogens (tertiary/aromatic N) is 2. The Labute approximate surface area is 162 Å². The largest absolute Gasteiger partial charge is 0.481 e. The first-order valence-electron chi connectivity index (χ1n) is 8.33. The predicted molar refractivity (Wildman–Crippen MR) is 101 cm³/mol. The third-order valence-corrected chi connectivity index (χ3v) is 5.58. The van der Waals surface area contributed by atoms with Gasteiger partial charge in [-0.1, -0.05) is 29.3 Å². The topological polar surface area (TPSA) is 62.7 Å². The number of methoxy groups -OCH3 is 1. The number of aromatic nitrogens is 1. The summed E-state index contributed by atoms with van der Waals surface area (Å²) in [7, 11) is 1.53. The summed E-state index contributed by atoms with van der Waals surface area (Å²) in [5, 5.41) is 11.2. The molecule has 7 heteroatoms. The second-order valence-corrected chi connectivity index (χ2v) is 7.30.